The van der Waals surface area contributed by atoms with E-state index < -0.39 is 6.04 Å². The normalized spacial score (nSPS) is 19.7. The van der Waals surface area contributed by atoms with Gasteiger partial charge in [-0.3, -0.25) is 14.4 Å². The van der Waals surface area contributed by atoms with E-state index in [4.69, 9.17) is 23.2 Å². The average molecular weight is 503 g/mol. The summed E-state index contributed by atoms with van der Waals surface area (Å²) in [5, 5.41) is 6.61. The molecular formula is C27H32Cl2N2O3. The predicted octanol–water partition coefficient (Wildman–Crippen LogP) is 6.64. The van der Waals surface area contributed by atoms with E-state index >= 15 is 0 Å². The lowest BCUT2D eigenvalue weighted by Gasteiger charge is -2.30. The zero-order valence-corrected chi connectivity index (χ0v) is 21.4. The van der Waals surface area contributed by atoms with E-state index in [1.54, 1.807) is 25.1 Å². The second kappa shape index (κ2) is 11.9. The molecule has 2 N–H and O–H groups in total. The molecule has 182 valence electrons. The molecule has 2 aromatic carbocycles. The number of halogens is 2. The van der Waals surface area contributed by atoms with Gasteiger partial charge in [-0.1, -0.05) is 55.6 Å². The molecule has 1 aliphatic carbocycles. The molecular weight excluding hydrogens is 471 g/mol. The first-order chi connectivity index (χ1) is 16.2. The van der Waals surface area contributed by atoms with E-state index in [1.165, 1.54) is 5.56 Å². The molecule has 0 aromatic heterocycles. The summed E-state index contributed by atoms with van der Waals surface area (Å²) in [7, 11) is 0. The molecule has 0 heterocycles. The van der Waals surface area contributed by atoms with Crippen molar-refractivity contribution in [2.45, 2.75) is 64.8 Å². The molecule has 7 heteroatoms. The van der Waals surface area contributed by atoms with Crippen LogP contribution in [0.4, 0.5) is 5.69 Å². The van der Waals surface area contributed by atoms with Gasteiger partial charge < -0.3 is 10.6 Å². The van der Waals surface area contributed by atoms with Crippen molar-refractivity contribution in [1.82, 2.24) is 5.32 Å². The SMILES string of the molecule is CCC(C)[C@H](NC(=O)[C@H]1CC[C@H](c2ccc(NC(=O)c3ccc(Cl)c(Cl)c3)cc2)CC1)C(C)=O. The standard InChI is InChI=1S/C27H32Cl2N2O3/c1-4-16(2)25(17(3)32)31-26(33)20-7-5-18(6-8-20)19-9-12-22(13-10-19)30-27(34)21-11-14-23(28)24(29)15-21/h9-16,18,20,25H,4-8H2,1-3H3,(H,30,34)(H,31,33)/t16?,18-,20-,25-/m0/s1. The Labute approximate surface area is 211 Å². The maximum atomic E-state index is 12.8. The maximum absolute atomic E-state index is 12.8. The van der Waals surface area contributed by atoms with Crippen LogP contribution in [-0.2, 0) is 9.59 Å². The van der Waals surface area contributed by atoms with Crippen LogP contribution >= 0.6 is 23.2 Å². The van der Waals surface area contributed by atoms with Gasteiger partial charge in [-0.25, -0.2) is 0 Å². The lowest BCUT2D eigenvalue weighted by molar-refractivity contribution is -0.131. The van der Waals surface area contributed by atoms with Crippen LogP contribution in [-0.4, -0.2) is 23.6 Å². The fraction of sp³-hybridized carbons (Fsp3) is 0.444. The van der Waals surface area contributed by atoms with E-state index in [0.29, 0.717) is 27.2 Å². The van der Waals surface area contributed by atoms with Crippen molar-refractivity contribution in [3.8, 4) is 0 Å². The molecule has 2 atom stereocenters. The molecule has 0 aliphatic heterocycles. The summed E-state index contributed by atoms with van der Waals surface area (Å²) in [6, 6.07) is 12.2. The lowest BCUT2D eigenvalue weighted by Crippen LogP contribution is -2.46. The highest BCUT2D eigenvalue weighted by atomic mass is 35.5. The van der Waals surface area contributed by atoms with Crippen LogP contribution in [0.25, 0.3) is 0 Å². The number of amides is 2. The monoisotopic (exact) mass is 502 g/mol. The fourth-order valence-electron chi connectivity index (χ4n) is 4.52. The Morgan fingerprint density at radius 3 is 2.18 bits per heavy atom. The quantitative estimate of drug-likeness (QED) is 0.424. The van der Waals surface area contributed by atoms with Gasteiger partial charge in [0.05, 0.1) is 16.1 Å². The first-order valence-corrected chi connectivity index (χ1v) is 12.6. The lowest BCUT2D eigenvalue weighted by atomic mass is 9.78. The Hall–Kier alpha value is -2.37. The summed E-state index contributed by atoms with van der Waals surface area (Å²) < 4.78 is 0. The van der Waals surface area contributed by atoms with Crippen molar-refractivity contribution < 1.29 is 14.4 Å². The summed E-state index contributed by atoms with van der Waals surface area (Å²) in [5.74, 6) is 0.226. The Morgan fingerprint density at radius 2 is 1.62 bits per heavy atom. The van der Waals surface area contributed by atoms with Crippen LogP contribution in [0.1, 0.15) is 74.7 Å². The van der Waals surface area contributed by atoms with Crippen LogP contribution in [0.15, 0.2) is 42.5 Å². The van der Waals surface area contributed by atoms with Gasteiger partial charge in [0.1, 0.15) is 0 Å². The van der Waals surface area contributed by atoms with Crippen molar-refractivity contribution in [2.75, 3.05) is 5.32 Å². The number of nitrogens with one attached hydrogen (secondary N) is 2. The number of rotatable bonds is 8. The van der Waals surface area contributed by atoms with Gasteiger partial charge in [-0.15, -0.1) is 0 Å². The minimum atomic E-state index is -0.401. The number of carbonyl (C=O) groups excluding carboxylic acids is 3. The Morgan fingerprint density at radius 1 is 0.971 bits per heavy atom. The van der Waals surface area contributed by atoms with Gasteiger partial charge in [0.15, 0.2) is 5.78 Å². The number of hydrogen-bond donors (Lipinski definition) is 2. The summed E-state index contributed by atoms with van der Waals surface area (Å²) >= 11 is 11.9. The molecule has 3 rings (SSSR count). The van der Waals surface area contributed by atoms with E-state index in [9.17, 15) is 14.4 Å². The van der Waals surface area contributed by atoms with Crippen LogP contribution in [0.5, 0.6) is 0 Å². The number of hydrogen-bond acceptors (Lipinski definition) is 3. The van der Waals surface area contributed by atoms with Gasteiger partial charge >= 0.3 is 0 Å². The molecule has 1 unspecified atom stereocenters. The first-order valence-electron chi connectivity index (χ1n) is 11.9. The Bertz CT molecular complexity index is 1030. The number of Topliss-reactive ketones (excluding diaryl/α,β-unsaturated/α-hetero) is 1. The zero-order valence-electron chi connectivity index (χ0n) is 19.9. The van der Waals surface area contributed by atoms with E-state index in [2.05, 4.69) is 10.6 Å². The van der Waals surface area contributed by atoms with E-state index in [1.807, 2.05) is 38.1 Å². The summed E-state index contributed by atoms with van der Waals surface area (Å²) in [5.41, 5.74) is 2.34. The molecule has 2 amide bonds. The molecule has 2 aromatic rings. The first kappa shape index (κ1) is 26.2. The van der Waals surface area contributed by atoms with Crippen molar-refractivity contribution in [3.05, 3.63) is 63.6 Å². The minimum Gasteiger partial charge on any atom is -0.346 e. The molecule has 34 heavy (non-hydrogen) atoms. The highest BCUT2D eigenvalue weighted by Crippen LogP contribution is 2.36. The summed E-state index contributed by atoms with van der Waals surface area (Å²) in [4.78, 5) is 37.2. The molecule has 5 nitrogen and oxygen atoms in total. The third kappa shape index (κ3) is 6.61. The average Bonchev–Trinajstić information content (AvgIpc) is 2.84. The van der Waals surface area contributed by atoms with E-state index in [-0.39, 0.29) is 29.4 Å². The van der Waals surface area contributed by atoms with Gasteiger partial charge in [-0.05, 0) is 80.3 Å². The predicted molar refractivity (Wildman–Crippen MR) is 138 cm³/mol. The number of anilines is 1. The maximum Gasteiger partial charge on any atom is 0.255 e. The van der Waals surface area contributed by atoms with Crippen molar-refractivity contribution >= 4 is 46.5 Å². The molecule has 0 spiro atoms. The van der Waals surface area contributed by atoms with Gasteiger partial charge in [0.25, 0.3) is 5.91 Å². The third-order valence-corrected chi connectivity index (χ3v) is 7.61. The highest BCUT2D eigenvalue weighted by molar-refractivity contribution is 6.42. The number of benzene rings is 2. The van der Waals surface area contributed by atoms with Crippen molar-refractivity contribution in [1.29, 1.82) is 0 Å². The zero-order chi connectivity index (χ0) is 24.8. The Balaban J connectivity index is 1.53. The third-order valence-electron chi connectivity index (χ3n) is 6.87. The van der Waals surface area contributed by atoms with Crippen LogP contribution in [0.3, 0.4) is 0 Å². The van der Waals surface area contributed by atoms with Gasteiger partial charge in [-0.2, -0.15) is 0 Å². The smallest absolute Gasteiger partial charge is 0.255 e. The van der Waals surface area contributed by atoms with Crippen molar-refractivity contribution in [2.24, 2.45) is 11.8 Å². The molecule has 1 saturated carbocycles. The van der Waals surface area contributed by atoms with Crippen LogP contribution in [0, 0.1) is 11.8 Å². The van der Waals surface area contributed by atoms with Gasteiger partial charge in [0.2, 0.25) is 5.91 Å². The molecule has 0 radical (unpaired) electrons. The summed E-state index contributed by atoms with van der Waals surface area (Å²) in [6.45, 7) is 5.58. The Kier molecular flexibility index (Phi) is 9.15. The topological polar surface area (TPSA) is 75.3 Å². The fourth-order valence-corrected chi connectivity index (χ4v) is 4.82. The van der Waals surface area contributed by atoms with Crippen molar-refractivity contribution in [3.63, 3.8) is 0 Å². The highest BCUT2D eigenvalue weighted by Gasteiger charge is 2.30. The second-order valence-corrected chi connectivity index (χ2v) is 10.1. The molecule has 0 bridgehead atoms. The summed E-state index contributed by atoms with van der Waals surface area (Å²) in [6.07, 6.45) is 4.29. The van der Waals surface area contributed by atoms with Crippen LogP contribution < -0.4 is 10.6 Å². The minimum absolute atomic E-state index is 0.000636. The number of carbonyl (C=O) groups is 3. The number of ketones is 1. The van der Waals surface area contributed by atoms with Gasteiger partial charge in [0, 0.05) is 17.2 Å². The van der Waals surface area contributed by atoms with E-state index in [0.717, 1.165) is 32.1 Å². The molecule has 0 saturated heterocycles. The second-order valence-electron chi connectivity index (χ2n) is 9.24. The molecule has 1 fully saturated rings. The largest absolute Gasteiger partial charge is 0.346 e. The van der Waals surface area contributed by atoms with Crippen LogP contribution in [0.2, 0.25) is 10.0 Å². The molecule has 1 aliphatic rings.